The van der Waals surface area contributed by atoms with E-state index in [1.807, 2.05) is 12.1 Å². The lowest BCUT2D eigenvalue weighted by Crippen LogP contribution is -2.29. The average Bonchev–Trinajstić information content (AvgIpc) is 3.25. The van der Waals surface area contributed by atoms with Crippen LogP contribution in [0, 0.1) is 0 Å². The molecule has 4 nitrogen and oxygen atoms in total. The van der Waals surface area contributed by atoms with E-state index in [1.54, 1.807) is 0 Å². The summed E-state index contributed by atoms with van der Waals surface area (Å²) in [5.74, 6) is 1.28. The summed E-state index contributed by atoms with van der Waals surface area (Å²) in [6, 6.07) is 24.1. The summed E-state index contributed by atoms with van der Waals surface area (Å²) in [6.45, 7) is 2.09. The van der Waals surface area contributed by atoms with Crippen molar-refractivity contribution in [2.75, 3.05) is 13.2 Å². The summed E-state index contributed by atoms with van der Waals surface area (Å²) in [5.41, 5.74) is 2.70. The predicted octanol–water partition coefficient (Wildman–Crippen LogP) is 4.56. The largest absolute Gasteiger partial charge is 0.491 e. The molecule has 0 bridgehead atoms. The van der Waals surface area contributed by atoms with E-state index in [2.05, 4.69) is 66.8 Å². The Kier molecular flexibility index (Phi) is 6.68. The number of hydrogen-bond donors (Lipinski definition) is 3. The summed E-state index contributed by atoms with van der Waals surface area (Å²) < 4.78 is 5.51. The number of benzene rings is 3. The summed E-state index contributed by atoms with van der Waals surface area (Å²) in [5, 5.41) is 24.8. The van der Waals surface area contributed by atoms with Crippen LogP contribution in [0.1, 0.15) is 49.3 Å². The highest BCUT2D eigenvalue weighted by atomic mass is 16.5. The lowest BCUT2D eigenvalue weighted by Gasteiger charge is -2.21. The second-order valence-electron chi connectivity index (χ2n) is 8.38. The van der Waals surface area contributed by atoms with Crippen molar-refractivity contribution in [1.29, 1.82) is 0 Å². The first kappa shape index (κ1) is 20.9. The SMILES string of the molecule is CC(N[C@H]1CC[C@@H](c2ccc(OCC(O)CO)cc2)C1)c1cccc2ccccc12. The van der Waals surface area contributed by atoms with Crippen molar-refractivity contribution in [1.82, 2.24) is 5.32 Å². The normalized spacial score (nSPS) is 20.9. The molecule has 0 saturated heterocycles. The Morgan fingerprint density at radius 3 is 2.57 bits per heavy atom. The molecule has 1 aliphatic rings. The molecule has 0 amide bonds. The number of aliphatic hydroxyl groups is 2. The van der Waals surface area contributed by atoms with E-state index in [4.69, 9.17) is 9.84 Å². The topological polar surface area (TPSA) is 61.7 Å². The van der Waals surface area contributed by atoms with Crippen molar-refractivity contribution < 1.29 is 14.9 Å². The van der Waals surface area contributed by atoms with Gasteiger partial charge in [0.2, 0.25) is 0 Å². The third kappa shape index (κ3) is 4.84. The quantitative estimate of drug-likeness (QED) is 0.514. The zero-order valence-corrected chi connectivity index (χ0v) is 17.5. The summed E-state index contributed by atoms with van der Waals surface area (Å²) in [4.78, 5) is 0. The third-order valence-electron chi connectivity index (χ3n) is 6.21. The maximum Gasteiger partial charge on any atom is 0.119 e. The Morgan fingerprint density at radius 1 is 1.00 bits per heavy atom. The summed E-state index contributed by atoms with van der Waals surface area (Å²) >= 11 is 0. The number of fused-ring (bicyclic) bond motifs is 1. The fraction of sp³-hybridized carbons (Fsp3) is 0.385. The molecular formula is C26H31NO3. The molecule has 0 heterocycles. The monoisotopic (exact) mass is 405 g/mol. The van der Waals surface area contributed by atoms with Crippen LogP contribution in [0.2, 0.25) is 0 Å². The van der Waals surface area contributed by atoms with E-state index in [0.29, 0.717) is 18.0 Å². The molecule has 1 aliphatic carbocycles. The molecule has 1 saturated carbocycles. The molecule has 1 fully saturated rings. The first-order chi connectivity index (χ1) is 14.6. The van der Waals surface area contributed by atoms with Crippen molar-refractivity contribution in [2.45, 2.75) is 50.3 Å². The summed E-state index contributed by atoms with van der Waals surface area (Å²) in [6.07, 6.45) is 2.66. The second-order valence-corrected chi connectivity index (χ2v) is 8.38. The smallest absolute Gasteiger partial charge is 0.119 e. The van der Waals surface area contributed by atoms with Gasteiger partial charge in [0, 0.05) is 12.1 Å². The number of hydrogen-bond acceptors (Lipinski definition) is 4. The van der Waals surface area contributed by atoms with Gasteiger partial charge in [0.1, 0.15) is 18.5 Å². The second kappa shape index (κ2) is 9.61. The number of ether oxygens (including phenoxy) is 1. The standard InChI is InChI=1S/C26H31NO3/c1-18(25-8-4-6-20-5-2-3-7-26(20)25)27-22-12-9-21(15-22)19-10-13-24(14-11-19)30-17-23(29)16-28/h2-8,10-11,13-14,18,21-23,27-29H,9,12,15-17H2,1H3/t18?,21-,22+,23?/m1/s1. The lowest BCUT2D eigenvalue weighted by molar-refractivity contribution is 0.0536. The molecule has 0 radical (unpaired) electrons. The Bertz CT molecular complexity index is 951. The van der Waals surface area contributed by atoms with Crippen molar-refractivity contribution in [3.8, 4) is 5.75 Å². The van der Waals surface area contributed by atoms with Crippen molar-refractivity contribution >= 4 is 10.8 Å². The number of aliphatic hydroxyl groups excluding tert-OH is 2. The average molecular weight is 406 g/mol. The zero-order valence-electron chi connectivity index (χ0n) is 17.5. The molecule has 2 unspecified atom stereocenters. The van der Waals surface area contributed by atoms with Gasteiger partial charge < -0.3 is 20.3 Å². The molecular weight excluding hydrogens is 374 g/mol. The van der Waals surface area contributed by atoms with Gasteiger partial charge in [0.25, 0.3) is 0 Å². The van der Waals surface area contributed by atoms with Crippen LogP contribution in [0.5, 0.6) is 5.75 Å². The highest BCUT2D eigenvalue weighted by molar-refractivity contribution is 5.86. The fourth-order valence-corrected chi connectivity index (χ4v) is 4.59. The molecule has 30 heavy (non-hydrogen) atoms. The number of nitrogens with one attached hydrogen (secondary N) is 1. The van der Waals surface area contributed by atoms with Crippen molar-refractivity contribution in [3.63, 3.8) is 0 Å². The Balaban J connectivity index is 1.35. The van der Waals surface area contributed by atoms with Gasteiger partial charge in [-0.2, -0.15) is 0 Å². The van der Waals surface area contributed by atoms with E-state index in [9.17, 15) is 5.11 Å². The Labute approximate surface area is 178 Å². The molecule has 0 aliphatic heterocycles. The van der Waals surface area contributed by atoms with E-state index >= 15 is 0 Å². The van der Waals surface area contributed by atoms with Gasteiger partial charge >= 0.3 is 0 Å². The maximum atomic E-state index is 9.41. The number of rotatable bonds is 8. The van der Waals surface area contributed by atoms with Crippen LogP contribution in [-0.2, 0) is 0 Å². The summed E-state index contributed by atoms with van der Waals surface area (Å²) in [7, 11) is 0. The van der Waals surface area contributed by atoms with Crippen LogP contribution in [0.25, 0.3) is 10.8 Å². The molecule has 4 heteroatoms. The van der Waals surface area contributed by atoms with E-state index in [0.717, 1.165) is 12.2 Å². The van der Waals surface area contributed by atoms with Gasteiger partial charge in [-0.15, -0.1) is 0 Å². The van der Waals surface area contributed by atoms with Gasteiger partial charge in [-0.05, 0) is 66.1 Å². The fourth-order valence-electron chi connectivity index (χ4n) is 4.59. The molecule has 0 aromatic heterocycles. The zero-order chi connectivity index (χ0) is 20.9. The van der Waals surface area contributed by atoms with Crippen molar-refractivity contribution in [2.24, 2.45) is 0 Å². The van der Waals surface area contributed by atoms with Crippen LogP contribution in [0.3, 0.4) is 0 Å². The predicted molar refractivity (Wildman–Crippen MR) is 121 cm³/mol. The molecule has 0 spiro atoms. The van der Waals surface area contributed by atoms with Crippen molar-refractivity contribution in [3.05, 3.63) is 77.9 Å². The third-order valence-corrected chi connectivity index (χ3v) is 6.21. The molecule has 3 aromatic rings. The Morgan fingerprint density at radius 2 is 1.77 bits per heavy atom. The minimum Gasteiger partial charge on any atom is -0.491 e. The van der Waals surface area contributed by atoms with Crippen LogP contribution in [-0.4, -0.2) is 35.6 Å². The van der Waals surface area contributed by atoms with Crippen LogP contribution >= 0.6 is 0 Å². The minimum atomic E-state index is -0.838. The van der Waals surface area contributed by atoms with Crippen LogP contribution in [0.15, 0.2) is 66.7 Å². The maximum absolute atomic E-state index is 9.41. The lowest BCUT2D eigenvalue weighted by atomic mass is 9.96. The molecule has 3 N–H and O–H groups in total. The van der Waals surface area contributed by atoms with Gasteiger partial charge in [0.15, 0.2) is 0 Å². The van der Waals surface area contributed by atoms with Gasteiger partial charge in [0.05, 0.1) is 6.61 Å². The van der Waals surface area contributed by atoms with E-state index in [1.165, 1.54) is 34.7 Å². The highest BCUT2D eigenvalue weighted by Crippen LogP contribution is 2.36. The van der Waals surface area contributed by atoms with Gasteiger partial charge in [-0.25, -0.2) is 0 Å². The molecule has 158 valence electrons. The molecule has 4 rings (SSSR count). The van der Waals surface area contributed by atoms with Crippen LogP contribution < -0.4 is 10.1 Å². The molecule has 3 aromatic carbocycles. The Hall–Kier alpha value is -2.40. The van der Waals surface area contributed by atoms with Gasteiger partial charge in [-0.3, -0.25) is 0 Å². The first-order valence-electron chi connectivity index (χ1n) is 10.9. The van der Waals surface area contributed by atoms with E-state index < -0.39 is 6.10 Å². The van der Waals surface area contributed by atoms with E-state index in [-0.39, 0.29) is 13.2 Å². The van der Waals surface area contributed by atoms with Gasteiger partial charge in [-0.1, -0.05) is 54.6 Å². The van der Waals surface area contributed by atoms with Crippen LogP contribution in [0.4, 0.5) is 0 Å². The molecule has 4 atom stereocenters. The highest BCUT2D eigenvalue weighted by Gasteiger charge is 2.27. The first-order valence-corrected chi connectivity index (χ1v) is 10.9. The minimum absolute atomic E-state index is 0.108.